The molecule has 120 valence electrons. The van der Waals surface area contributed by atoms with Crippen LogP contribution in [0.4, 0.5) is 0 Å². The van der Waals surface area contributed by atoms with Crippen LogP contribution in [0.25, 0.3) is 10.8 Å². The molecule has 0 atom stereocenters. The Labute approximate surface area is 139 Å². The van der Waals surface area contributed by atoms with Crippen LogP contribution in [-0.2, 0) is 11.2 Å². The van der Waals surface area contributed by atoms with Crippen LogP contribution in [0.2, 0.25) is 0 Å². The molecule has 0 aliphatic heterocycles. The lowest BCUT2D eigenvalue weighted by Crippen LogP contribution is -2.11. The molecular formula is C20H16O4. The smallest absolute Gasteiger partial charge is 0.307 e. The van der Waals surface area contributed by atoms with E-state index in [1.54, 1.807) is 30.3 Å². The van der Waals surface area contributed by atoms with Gasteiger partial charge >= 0.3 is 5.97 Å². The highest BCUT2D eigenvalue weighted by molar-refractivity contribution is 6.00. The summed E-state index contributed by atoms with van der Waals surface area (Å²) in [4.78, 5) is 23.0. The van der Waals surface area contributed by atoms with E-state index in [0.717, 1.165) is 10.8 Å². The third-order valence-electron chi connectivity index (χ3n) is 3.70. The molecule has 0 bridgehead atoms. The Morgan fingerprint density at radius 1 is 0.875 bits per heavy atom. The number of hydrogen-bond acceptors (Lipinski definition) is 3. The molecule has 0 unspecified atom stereocenters. The molecule has 24 heavy (non-hydrogen) atoms. The topological polar surface area (TPSA) is 63.6 Å². The lowest BCUT2D eigenvalue weighted by molar-refractivity contribution is -0.136. The lowest BCUT2D eigenvalue weighted by Gasteiger charge is -2.07. The number of ether oxygens (including phenoxy) is 1. The zero-order chi connectivity index (χ0) is 16.9. The number of ketones is 1. The largest absolute Gasteiger partial charge is 0.485 e. The van der Waals surface area contributed by atoms with Crippen molar-refractivity contribution in [2.24, 2.45) is 0 Å². The van der Waals surface area contributed by atoms with E-state index in [1.165, 1.54) is 0 Å². The third kappa shape index (κ3) is 3.79. The van der Waals surface area contributed by atoms with Gasteiger partial charge in [-0.2, -0.15) is 0 Å². The maximum Gasteiger partial charge on any atom is 0.307 e. The monoisotopic (exact) mass is 320 g/mol. The highest BCUT2D eigenvalue weighted by atomic mass is 16.5. The fraction of sp³-hybridized carbons (Fsp3) is 0.100. The summed E-state index contributed by atoms with van der Waals surface area (Å²) in [6, 6.07) is 20.2. The van der Waals surface area contributed by atoms with Gasteiger partial charge in [-0.3, -0.25) is 9.59 Å². The second-order valence-electron chi connectivity index (χ2n) is 5.49. The first-order valence-electron chi connectivity index (χ1n) is 7.57. The fourth-order valence-electron chi connectivity index (χ4n) is 2.51. The molecule has 0 amide bonds. The van der Waals surface area contributed by atoms with Crippen LogP contribution in [-0.4, -0.2) is 23.5 Å². The van der Waals surface area contributed by atoms with E-state index in [1.807, 2.05) is 36.4 Å². The van der Waals surface area contributed by atoms with Gasteiger partial charge in [0.25, 0.3) is 0 Å². The van der Waals surface area contributed by atoms with Gasteiger partial charge in [0, 0.05) is 5.56 Å². The van der Waals surface area contributed by atoms with Gasteiger partial charge in [0.15, 0.2) is 12.4 Å². The molecule has 0 aromatic heterocycles. The van der Waals surface area contributed by atoms with Gasteiger partial charge in [-0.05, 0) is 34.5 Å². The molecule has 3 aromatic rings. The normalized spacial score (nSPS) is 10.5. The minimum atomic E-state index is -0.903. The van der Waals surface area contributed by atoms with E-state index < -0.39 is 5.97 Å². The van der Waals surface area contributed by atoms with Crippen LogP contribution in [0.5, 0.6) is 5.75 Å². The highest BCUT2D eigenvalue weighted by Crippen LogP contribution is 2.17. The summed E-state index contributed by atoms with van der Waals surface area (Å²) in [6.07, 6.45) is -0.0736. The van der Waals surface area contributed by atoms with Gasteiger partial charge in [0.1, 0.15) is 5.75 Å². The van der Waals surface area contributed by atoms with E-state index >= 15 is 0 Å². The second kappa shape index (κ2) is 6.96. The Kier molecular flexibility index (Phi) is 4.57. The van der Waals surface area contributed by atoms with Crippen molar-refractivity contribution in [2.45, 2.75) is 6.42 Å². The van der Waals surface area contributed by atoms with Gasteiger partial charge < -0.3 is 9.84 Å². The van der Waals surface area contributed by atoms with Crippen LogP contribution in [0.3, 0.4) is 0 Å². The molecule has 1 N–H and O–H groups in total. The first-order valence-corrected chi connectivity index (χ1v) is 7.57. The zero-order valence-electron chi connectivity index (χ0n) is 12.9. The zero-order valence-corrected chi connectivity index (χ0v) is 12.9. The summed E-state index contributed by atoms with van der Waals surface area (Å²) in [5.41, 5.74) is 1.23. The van der Waals surface area contributed by atoms with E-state index in [-0.39, 0.29) is 18.8 Å². The molecule has 0 radical (unpaired) electrons. The predicted octanol–water partition coefficient (Wildman–Crippen LogP) is 3.73. The number of carboxylic acids is 1. The van der Waals surface area contributed by atoms with Crippen molar-refractivity contribution in [3.05, 3.63) is 77.9 Å². The summed E-state index contributed by atoms with van der Waals surface area (Å²) in [5.74, 6) is -0.535. The number of benzene rings is 3. The number of hydrogen-bond donors (Lipinski definition) is 1. The van der Waals surface area contributed by atoms with Crippen molar-refractivity contribution in [1.82, 2.24) is 0 Å². The highest BCUT2D eigenvalue weighted by Gasteiger charge is 2.08. The van der Waals surface area contributed by atoms with Crippen LogP contribution < -0.4 is 4.74 Å². The van der Waals surface area contributed by atoms with Gasteiger partial charge in [0.2, 0.25) is 0 Å². The molecule has 0 heterocycles. The van der Waals surface area contributed by atoms with E-state index in [4.69, 9.17) is 9.84 Å². The number of fused-ring (bicyclic) bond motifs is 1. The molecule has 0 aliphatic carbocycles. The molecule has 0 fully saturated rings. The van der Waals surface area contributed by atoms with Crippen molar-refractivity contribution in [2.75, 3.05) is 6.61 Å². The van der Waals surface area contributed by atoms with Crippen LogP contribution >= 0.6 is 0 Å². The second-order valence-corrected chi connectivity index (χ2v) is 5.49. The van der Waals surface area contributed by atoms with Crippen LogP contribution in [0, 0.1) is 0 Å². The minimum absolute atomic E-state index is 0.0736. The standard InChI is InChI=1S/C20H16O4/c21-19(17-9-8-15-5-1-2-6-16(15)12-17)13-24-18-7-3-4-14(10-18)11-20(22)23/h1-10,12H,11,13H2,(H,22,23). The number of Topliss-reactive ketones (excluding diaryl/α,β-unsaturated/α-hetero) is 1. The van der Waals surface area contributed by atoms with Gasteiger partial charge in [-0.25, -0.2) is 0 Å². The Hall–Kier alpha value is -3.14. The first-order chi connectivity index (χ1) is 11.6. The SMILES string of the molecule is O=C(O)Cc1cccc(OCC(=O)c2ccc3ccccc3c2)c1. The predicted molar refractivity (Wildman–Crippen MR) is 91.6 cm³/mol. The van der Waals surface area contributed by atoms with Crippen LogP contribution in [0.15, 0.2) is 66.7 Å². The summed E-state index contributed by atoms with van der Waals surface area (Å²) in [5, 5.41) is 10.9. The molecule has 3 rings (SSSR count). The minimum Gasteiger partial charge on any atom is -0.485 e. The first kappa shape index (κ1) is 15.7. The molecule has 0 spiro atoms. The molecule has 0 saturated heterocycles. The fourth-order valence-corrected chi connectivity index (χ4v) is 2.51. The molecule has 0 aliphatic rings. The Morgan fingerprint density at radius 2 is 1.67 bits per heavy atom. The molecule has 0 saturated carbocycles. The Bertz CT molecular complexity index is 899. The third-order valence-corrected chi connectivity index (χ3v) is 3.70. The molecular weight excluding hydrogens is 304 g/mol. The van der Waals surface area contributed by atoms with Crippen molar-refractivity contribution in [1.29, 1.82) is 0 Å². The van der Waals surface area contributed by atoms with E-state index in [2.05, 4.69) is 0 Å². The van der Waals surface area contributed by atoms with Crippen LogP contribution in [0.1, 0.15) is 15.9 Å². The molecule has 4 nitrogen and oxygen atoms in total. The van der Waals surface area contributed by atoms with Crippen molar-refractivity contribution in [3.63, 3.8) is 0 Å². The maximum atomic E-state index is 12.3. The number of carbonyl (C=O) groups excluding carboxylic acids is 1. The van der Waals surface area contributed by atoms with Crippen molar-refractivity contribution < 1.29 is 19.4 Å². The van der Waals surface area contributed by atoms with Gasteiger partial charge in [-0.15, -0.1) is 0 Å². The average molecular weight is 320 g/mol. The Balaban J connectivity index is 1.69. The molecule has 4 heteroatoms. The Morgan fingerprint density at radius 3 is 2.46 bits per heavy atom. The van der Waals surface area contributed by atoms with E-state index in [9.17, 15) is 9.59 Å². The number of carboxylic acid groups (broad SMARTS) is 1. The summed E-state index contributed by atoms with van der Waals surface area (Å²) >= 11 is 0. The van der Waals surface area contributed by atoms with E-state index in [0.29, 0.717) is 16.9 Å². The number of aliphatic carboxylic acids is 1. The maximum absolute atomic E-state index is 12.3. The average Bonchev–Trinajstić information content (AvgIpc) is 2.59. The molecule has 3 aromatic carbocycles. The van der Waals surface area contributed by atoms with Gasteiger partial charge in [-0.1, -0.05) is 48.5 Å². The summed E-state index contributed by atoms with van der Waals surface area (Å²) in [6.45, 7) is -0.0884. The lowest BCUT2D eigenvalue weighted by atomic mass is 10.0. The van der Waals surface area contributed by atoms with Crippen molar-refractivity contribution >= 4 is 22.5 Å². The van der Waals surface area contributed by atoms with Gasteiger partial charge in [0.05, 0.1) is 6.42 Å². The quantitative estimate of drug-likeness (QED) is 0.703. The summed E-state index contributed by atoms with van der Waals surface area (Å²) < 4.78 is 5.51. The van der Waals surface area contributed by atoms with Crippen molar-refractivity contribution in [3.8, 4) is 5.75 Å². The summed E-state index contributed by atoms with van der Waals surface area (Å²) in [7, 11) is 0. The number of rotatable bonds is 6. The number of carbonyl (C=O) groups is 2.